The van der Waals surface area contributed by atoms with Crippen molar-refractivity contribution >= 4 is 0 Å². The van der Waals surface area contributed by atoms with Gasteiger partial charge in [0, 0.05) is 0 Å². The maximum atomic E-state index is 2.36. The lowest BCUT2D eigenvalue weighted by Gasteiger charge is -2.20. The van der Waals surface area contributed by atoms with E-state index in [4.69, 9.17) is 0 Å². The zero-order chi connectivity index (χ0) is 20.9. The summed E-state index contributed by atoms with van der Waals surface area (Å²) in [6.45, 7) is 24.7. The minimum Gasteiger partial charge on any atom is -0.0587 e. The Kier molecular flexibility index (Phi) is 8.33. The molecule has 2 rings (SSSR count). The van der Waals surface area contributed by atoms with Crippen LogP contribution in [0.15, 0.2) is 36.4 Å². The van der Waals surface area contributed by atoms with Crippen LogP contribution in [-0.4, -0.2) is 0 Å². The molecule has 0 atom stereocenters. The minimum absolute atomic E-state index is 0.275. The molecule has 27 heavy (non-hydrogen) atoms. The lowest BCUT2D eigenvalue weighted by molar-refractivity contribution is 0.589. The predicted molar refractivity (Wildman–Crippen MR) is 123 cm³/mol. The third-order valence-corrected chi connectivity index (χ3v) is 5.09. The monoisotopic (exact) mass is 366 g/mol. The Hall–Kier alpha value is -1.56. The highest BCUT2D eigenvalue weighted by Gasteiger charge is 2.13. The Morgan fingerprint density at radius 1 is 0.519 bits per heavy atom. The summed E-state index contributed by atoms with van der Waals surface area (Å²) in [6, 6.07) is 13.8. The van der Waals surface area contributed by atoms with Gasteiger partial charge >= 0.3 is 0 Å². The molecule has 2 aromatic rings. The molecule has 0 nitrogen and oxygen atoms in total. The van der Waals surface area contributed by atoms with Gasteiger partial charge in [0.1, 0.15) is 0 Å². The summed E-state index contributed by atoms with van der Waals surface area (Å²) < 4.78 is 0. The third kappa shape index (κ3) is 7.53. The van der Waals surface area contributed by atoms with Crippen LogP contribution >= 0.6 is 0 Å². The van der Waals surface area contributed by atoms with Crippen molar-refractivity contribution in [3.63, 3.8) is 0 Å². The molecule has 0 aromatic heterocycles. The van der Waals surface area contributed by atoms with E-state index in [1.807, 2.05) is 0 Å². The second-order valence-electron chi connectivity index (χ2n) is 10.0. The summed E-state index contributed by atoms with van der Waals surface area (Å²) >= 11 is 0. The fourth-order valence-corrected chi connectivity index (χ4v) is 3.11. The summed E-state index contributed by atoms with van der Waals surface area (Å²) in [5.74, 6) is 1.88. The standard InChI is InChI=1S/C15H24.C12H18/c1-10(2)13-7-14(11(3)4)9-15(8-13)12(5)6;1-9-6-10(2)8-11(7-9)12(3,4)5/h7-12H,1-6H3;6-8H,1-5H3. The summed E-state index contributed by atoms with van der Waals surface area (Å²) in [5.41, 5.74) is 8.86. The maximum Gasteiger partial charge on any atom is -0.0132 e. The Balaban J connectivity index is 0.000000277. The summed E-state index contributed by atoms with van der Waals surface area (Å²) in [6.07, 6.45) is 0. The molecule has 0 heteroatoms. The highest BCUT2D eigenvalue weighted by Crippen LogP contribution is 2.27. The van der Waals surface area contributed by atoms with Crippen LogP contribution in [0.25, 0.3) is 0 Å². The van der Waals surface area contributed by atoms with E-state index in [-0.39, 0.29) is 5.41 Å². The second-order valence-corrected chi connectivity index (χ2v) is 10.0. The lowest BCUT2D eigenvalue weighted by Crippen LogP contribution is -2.11. The van der Waals surface area contributed by atoms with Crippen LogP contribution < -0.4 is 0 Å². The molecule has 0 aliphatic heterocycles. The number of rotatable bonds is 3. The molecule has 0 N–H and O–H groups in total. The molecule has 0 spiro atoms. The van der Waals surface area contributed by atoms with Gasteiger partial charge in [0.05, 0.1) is 0 Å². The Morgan fingerprint density at radius 2 is 0.815 bits per heavy atom. The van der Waals surface area contributed by atoms with Gasteiger partial charge in [0.2, 0.25) is 0 Å². The second kappa shape index (κ2) is 9.58. The average Bonchev–Trinajstić information content (AvgIpc) is 2.53. The van der Waals surface area contributed by atoms with Crippen LogP contribution in [-0.2, 0) is 5.41 Å². The predicted octanol–water partition coefficient (Wildman–Crippen LogP) is 8.66. The van der Waals surface area contributed by atoms with E-state index in [0.717, 1.165) is 0 Å². The molecule has 0 radical (unpaired) electrons. The van der Waals surface area contributed by atoms with Crippen LogP contribution in [0.5, 0.6) is 0 Å². The molecule has 0 unspecified atom stereocenters. The largest absolute Gasteiger partial charge is 0.0587 e. The Morgan fingerprint density at radius 3 is 1.04 bits per heavy atom. The van der Waals surface area contributed by atoms with Gasteiger partial charge in [-0.1, -0.05) is 110 Å². The molecule has 0 saturated heterocycles. The van der Waals surface area contributed by atoms with Crippen molar-refractivity contribution in [2.75, 3.05) is 0 Å². The molecule has 2 aromatic carbocycles. The molecular formula is C27H42. The average molecular weight is 367 g/mol. The number of aryl methyl sites for hydroxylation is 2. The van der Waals surface area contributed by atoms with E-state index in [1.165, 1.54) is 33.4 Å². The third-order valence-electron chi connectivity index (χ3n) is 5.09. The van der Waals surface area contributed by atoms with Gasteiger partial charge in [-0.2, -0.15) is 0 Å². The van der Waals surface area contributed by atoms with E-state index in [9.17, 15) is 0 Å². The van der Waals surface area contributed by atoms with Gasteiger partial charge in [-0.05, 0) is 59.3 Å². The van der Waals surface area contributed by atoms with Crippen molar-refractivity contribution in [2.24, 2.45) is 0 Å². The van der Waals surface area contributed by atoms with Gasteiger partial charge in [-0.3, -0.25) is 0 Å². The molecule has 0 saturated carbocycles. The molecule has 0 bridgehead atoms. The summed E-state index contributed by atoms with van der Waals surface area (Å²) in [4.78, 5) is 0. The zero-order valence-electron chi connectivity index (χ0n) is 19.7. The van der Waals surface area contributed by atoms with Crippen molar-refractivity contribution in [1.29, 1.82) is 0 Å². The lowest BCUT2D eigenvalue weighted by atomic mass is 9.85. The minimum atomic E-state index is 0.275. The number of hydrogen-bond acceptors (Lipinski definition) is 0. The molecule has 0 amide bonds. The van der Waals surface area contributed by atoms with Crippen LogP contribution in [0.1, 0.15) is 113 Å². The topological polar surface area (TPSA) is 0 Å². The quantitative estimate of drug-likeness (QED) is 0.509. The van der Waals surface area contributed by atoms with Crippen molar-refractivity contribution < 1.29 is 0 Å². The maximum absolute atomic E-state index is 2.36. The molecular weight excluding hydrogens is 324 g/mol. The highest BCUT2D eigenvalue weighted by atomic mass is 14.2. The fourth-order valence-electron chi connectivity index (χ4n) is 3.11. The highest BCUT2D eigenvalue weighted by molar-refractivity contribution is 5.35. The molecule has 0 fully saturated rings. The van der Waals surface area contributed by atoms with Gasteiger partial charge in [0.15, 0.2) is 0 Å². The first-order valence-corrected chi connectivity index (χ1v) is 10.5. The molecule has 0 heterocycles. The first kappa shape index (κ1) is 23.5. The van der Waals surface area contributed by atoms with Gasteiger partial charge in [0.25, 0.3) is 0 Å². The number of hydrogen-bond donors (Lipinski definition) is 0. The number of benzene rings is 2. The van der Waals surface area contributed by atoms with Gasteiger partial charge in [-0.15, -0.1) is 0 Å². The van der Waals surface area contributed by atoms with Gasteiger partial charge < -0.3 is 0 Å². The smallest absolute Gasteiger partial charge is 0.0132 e. The first-order chi connectivity index (χ1) is 12.3. The van der Waals surface area contributed by atoms with Crippen molar-refractivity contribution in [2.45, 2.75) is 99.3 Å². The van der Waals surface area contributed by atoms with E-state index < -0.39 is 0 Å². The van der Waals surface area contributed by atoms with Crippen LogP contribution in [0, 0.1) is 13.8 Å². The Bertz CT molecular complexity index is 639. The summed E-state index contributed by atoms with van der Waals surface area (Å²) in [5, 5.41) is 0. The van der Waals surface area contributed by atoms with Crippen molar-refractivity contribution in [3.8, 4) is 0 Å². The normalized spacial score (nSPS) is 11.8. The molecule has 150 valence electrons. The van der Waals surface area contributed by atoms with Crippen molar-refractivity contribution in [1.82, 2.24) is 0 Å². The fraction of sp³-hybridized carbons (Fsp3) is 0.556. The Labute approximate surface area is 169 Å². The van der Waals surface area contributed by atoms with Crippen LogP contribution in [0.4, 0.5) is 0 Å². The molecule has 0 aliphatic rings. The SMILES string of the molecule is CC(C)c1cc(C(C)C)cc(C(C)C)c1.Cc1cc(C)cc(C(C)(C)C)c1. The van der Waals surface area contributed by atoms with E-state index in [2.05, 4.69) is 113 Å². The molecule has 0 aliphatic carbocycles. The van der Waals surface area contributed by atoms with Crippen molar-refractivity contribution in [3.05, 3.63) is 69.8 Å². The van der Waals surface area contributed by atoms with E-state index in [0.29, 0.717) is 17.8 Å². The van der Waals surface area contributed by atoms with Crippen LogP contribution in [0.3, 0.4) is 0 Å². The van der Waals surface area contributed by atoms with E-state index >= 15 is 0 Å². The van der Waals surface area contributed by atoms with Gasteiger partial charge in [-0.25, -0.2) is 0 Å². The zero-order valence-corrected chi connectivity index (χ0v) is 19.7. The van der Waals surface area contributed by atoms with Crippen LogP contribution in [0.2, 0.25) is 0 Å². The first-order valence-electron chi connectivity index (χ1n) is 10.5. The van der Waals surface area contributed by atoms with E-state index in [1.54, 1.807) is 0 Å². The summed E-state index contributed by atoms with van der Waals surface area (Å²) in [7, 11) is 0.